The molecule has 92 valence electrons. The number of rotatable bonds is 0. The third-order valence-corrected chi connectivity index (χ3v) is 3.00. The van der Waals surface area contributed by atoms with Crippen LogP contribution in [0.3, 0.4) is 0 Å². The highest BCUT2D eigenvalue weighted by Gasteiger charge is 2.37. The first-order valence-corrected chi connectivity index (χ1v) is 5.73. The number of halogens is 3. The lowest BCUT2D eigenvalue weighted by Crippen LogP contribution is -2.29. The van der Waals surface area contributed by atoms with Crippen molar-refractivity contribution >= 4 is 21.7 Å². The molecule has 1 aromatic carbocycles. The molecule has 0 aromatic heterocycles. The fourth-order valence-corrected chi connectivity index (χ4v) is 2.33. The molecule has 0 amide bonds. The minimum atomic E-state index is -4.63. The molecule has 1 aliphatic rings. The molecule has 0 saturated heterocycles. The van der Waals surface area contributed by atoms with Crippen LogP contribution in [-0.2, 0) is 16.4 Å². The standard InChI is InChI=1S/C8H6F3N3O2S/c9-8(10,11)4-2-1-3-5-6(4)7(12)14-17(15,16)13-5/h1-3,13H,(H2,12,14). The van der Waals surface area contributed by atoms with Crippen LogP contribution in [0.2, 0.25) is 0 Å². The van der Waals surface area contributed by atoms with Crippen LogP contribution in [0.1, 0.15) is 11.1 Å². The summed E-state index contributed by atoms with van der Waals surface area (Å²) in [5.41, 5.74) is 3.54. The van der Waals surface area contributed by atoms with Crippen molar-refractivity contribution in [1.82, 2.24) is 0 Å². The van der Waals surface area contributed by atoms with Gasteiger partial charge in [0, 0.05) is 0 Å². The first-order valence-electron chi connectivity index (χ1n) is 4.29. The van der Waals surface area contributed by atoms with Gasteiger partial charge in [0.25, 0.3) is 0 Å². The molecule has 17 heavy (non-hydrogen) atoms. The lowest BCUT2D eigenvalue weighted by molar-refractivity contribution is -0.137. The third-order valence-electron chi connectivity index (χ3n) is 2.08. The summed E-state index contributed by atoms with van der Waals surface area (Å²) < 4.78 is 65.1. The SMILES string of the molecule is NC1=NS(=O)(=O)Nc2cccc(C(F)(F)F)c21. The Hall–Kier alpha value is -1.77. The second-order valence-electron chi connectivity index (χ2n) is 3.28. The molecule has 3 N–H and O–H groups in total. The van der Waals surface area contributed by atoms with E-state index in [2.05, 4.69) is 4.40 Å². The van der Waals surface area contributed by atoms with Gasteiger partial charge in [-0.05, 0) is 12.1 Å². The van der Waals surface area contributed by atoms with Crippen LogP contribution in [0.25, 0.3) is 0 Å². The van der Waals surface area contributed by atoms with Crippen molar-refractivity contribution in [3.8, 4) is 0 Å². The van der Waals surface area contributed by atoms with Crippen molar-refractivity contribution in [3.63, 3.8) is 0 Å². The lowest BCUT2D eigenvalue weighted by atomic mass is 10.0. The molecule has 0 atom stereocenters. The summed E-state index contributed by atoms with van der Waals surface area (Å²) in [7, 11) is -4.06. The Balaban J connectivity index is 2.74. The smallest absolute Gasteiger partial charge is 0.382 e. The minimum Gasteiger partial charge on any atom is -0.382 e. The molecule has 0 spiro atoms. The summed E-state index contributed by atoms with van der Waals surface area (Å²) in [6, 6.07) is 3.08. The van der Waals surface area contributed by atoms with Crippen LogP contribution >= 0.6 is 0 Å². The highest BCUT2D eigenvalue weighted by molar-refractivity contribution is 7.91. The van der Waals surface area contributed by atoms with Gasteiger partial charge >= 0.3 is 16.4 Å². The molecule has 0 bridgehead atoms. The Bertz CT molecular complexity index is 607. The summed E-state index contributed by atoms with van der Waals surface area (Å²) >= 11 is 0. The highest BCUT2D eigenvalue weighted by atomic mass is 32.2. The summed E-state index contributed by atoms with van der Waals surface area (Å²) in [6.07, 6.45) is -4.63. The van der Waals surface area contributed by atoms with E-state index < -0.39 is 33.3 Å². The number of hydrogen-bond donors (Lipinski definition) is 2. The Kier molecular flexibility index (Phi) is 2.31. The van der Waals surface area contributed by atoms with Gasteiger partial charge in [0.2, 0.25) is 0 Å². The number of alkyl halides is 3. The van der Waals surface area contributed by atoms with Crippen molar-refractivity contribution < 1.29 is 21.6 Å². The maximum Gasteiger partial charge on any atom is 0.417 e. The van der Waals surface area contributed by atoms with Crippen molar-refractivity contribution in [2.45, 2.75) is 6.18 Å². The number of fused-ring (bicyclic) bond motifs is 1. The van der Waals surface area contributed by atoms with E-state index in [4.69, 9.17) is 5.73 Å². The zero-order valence-electron chi connectivity index (χ0n) is 8.12. The number of anilines is 1. The lowest BCUT2D eigenvalue weighted by Gasteiger charge is -2.19. The molecule has 9 heteroatoms. The van der Waals surface area contributed by atoms with Gasteiger partial charge in [0.05, 0.1) is 16.8 Å². The van der Waals surface area contributed by atoms with E-state index in [1.54, 1.807) is 0 Å². The molecule has 1 heterocycles. The second kappa shape index (κ2) is 3.36. The predicted octanol–water partition coefficient (Wildman–Crippen LogP) is 1.08. The van der Waals surface area contributed by atoms with Crippen molar-refractivity contribution in [1.29, 1.82) is 0 Å². The molecule has 1 aliphatic heterocycles. The van der Waals surface area contributed by atoms with Gasteiger partial charge in [-0.1, -0.05) is 6.07 Å². The maximum absolute atomic E-state index is 12.7. The van der Waals surface area contributed by atoms with Gasteiger partial charge in [-0.3, -0.25) is 4.72 Å². The third kappa shape index (κ3) is 2.05. The topological polar surface area (TPSA) is 84.5 Å². The molecule has 0 radical (unpaired) electrons. The van der Waals surface area contributed by atoms with Crippen molar-refractivity contribution in [2.75, 3.05) is 4.72 Å². The summed E-state index contributed by atoms with van der Waals surface area (Å²) in [5, 5.41) is 0. The maximum atomic E-state index is 12.7. The quantitative estimate of drug-likeness (QED) is 0.736. The molecular formula is C8H6F3N3O2S. The first-order chi connectivity index (χ1) is 7.71. The van der Waals surface area contributed by atoms with E-state index in [1.165, 1.54) is 6.07 Å². The van der Waals surface area contributed by atoms with Crippen molar-refractivity contribution in [3.05, 3.63) is 29.3 Å². The average molecular weight is 265 g/mol. The molecule has 0 saturated carbocycles. The predicted molar refractivity (Wildman–Crippen MR) is 54.7 cm³/mol. The van der Waals surface area contributed by atoms with E-state index in [0.717, 1.165) is 12.1 Å². The summed E-state index contributed by atoms with van der Waals surface area (Å²) in [6.45, 7) is 0. The Morgan fingerprint density at radius 3 is 2.53 bits per heavy atom. The Labute approximate surface area is 94.3 Å². The molecule has 0 unspecified atom stereocenters. The number of nitrogens with one attached hydrogen (secondary N) is 1. The van der Waals surface area contributed by atoms with E-state index >= 15 is 0 Å². The van der Waals surface area contributed by atoms with Crippen LogP contribution in [0.15, 0.2) is 22.6 Å². The number of hydrogen-bond acceptors (Lipinski definition) is 3. The molecule has 0 fully saturated rings. The molecular weight excluding hydrogens is 259 g/mol. The minimum absolute atomic E-state index is 0.229. The highest BCUT2D eigenvalue weighted by Crippen LogP contribution is 2.36. The van der Waals surface area contributed by atoms with Gasteiger partial charge in [0.1, 0.15) is 5.84 Å². The van der Waals surface area contributed by atoms with Crippen LogP contribution in [0, 0.1) is 0 Å². The average Bonchev–Trinajstić information content (AvgIpc) is 2.13. The Morgan fingerprint density at radius 1 is 1.29 bits per heavy atom. The van der Waals surface area contributed by atoms with Crippen molar-refractivity contribution in [2.24, 2.45) is 10.1 Å². The molecule has 2 rings (SSSR count). The normalized spacial score (nSPS) is 17.9. The number of benzene rings is 1. The van der Waals surface area contributed by atoms with Gasteiger partial charge in [-0.15, -0.1) is 4.40 Å². The fraction of sp³-hybridized carbons (Fsp3) is 0.125. The van der Waals surface area contributed by atoms with E-state index in [1.807, 2.05) is 4.72 Å². The molecule has 0 aliphatic carbocycles. The molecule has 1 aromatic rings. The Morgan fingerprint density at radius 2 is 1.94 bits per heavy atom. The zero-order valence-corrected chi connectivity index (χ0v) is 8.93. The molecule has 5 nitrogen and oxygen atoms in total. The first kappa shape index (κ1) is 11.7. The number of amidine groups is 1. The zero-order chi connectivity index (χ0) is 12.8. The monoisotopic (exact) mass is 265 g/mol. The van der Waals surface area contributed by atoms with Crippen LogP contribution in [0.4, 0.5) is 18.9 Å². The fourth-order valence-electron chi connectivity index (χ4n) is 1.49. The van der Waals surface area contributed by atoms with Gasteiger partial charge in [0.15, 0.2) is 0 Å². The second-order valence-corrected chi connectivity index (χ2v) is 4.62. The number of nitrogens with zero attached hydrogens (tertiary/aromatic N) is 1. The van der Waals surface area contributed by atoms with Crippen LogP contribution in [0.5, 0.6) is 0 Å². The largest absolute Gasteiger partial charge is 0.417 e. The van der Waals surface area contributed by atoms with Crippen LogP contribution in [-0.4, -0.2) is 14.3 Å². The van der Waals surface area contributed by atoms with E-state index in [9.17, 15) is 21.6 Å². The van der Waals surface area contributed by atoms with Gasteiger partial charge in [-0.2, -0.15) is 21.6 Å². The van der Waals surface area contributed by atoms with E-state index in [-0.39, 0.29) is 5.69 Å². The van der Waals surface area contributed by atoms with Gasteiger partial charge in [-0.25, -0.2) is 0 Å². The van der Waals surface area contributed by atoms with Crippen LogP contribution < -0.4 is 10.5 Å². The summed E-state index contributed by atoms with van der Waals surface area (Å²) in [5.74, 6) is -0.674. The van der Waals surface area contributed by atoms with Gasteiger partial charge < -0.3 is 5.73 Å². The van der Waals surface area contributed by atoms with E-state index in [0.29, 0.717) is 0 Å². The number of nitrogens with two attached hydrogens (primary N) is 1. The summed E-state index contributed by atoms with van der Waals surface area (Å²) in [4.78, 5) is 0.